The van der Waals surface area contributed by atoms with Crippen LogP contribution < -0.4 is 24.8 Å². The van der Waals surface area contributed by atoms with E-state index in [1.807, 2.05) is 0 Å². The Balaban J connectivity index is 2.01. The molecular weight excluding hydrogens is 336 g/mol. The summed E-state index contributed by atoms with van der Waals surface area (Å²) in [5.41, 5.74) is 0.779. The molecule has 2 N–H and O–H groups in total. The van der Waals surface area contributed by atoms with Gasteiger partial charge in [0.1, 0.15) is 11.9 Å². The fraction of sp³-hybridized carbons (Fsp3) is 0.278. The van der Waals surface area contributed by atoms with E-state index in [1.54, 1.807) is 30.5 Å². The van der Waals surface area contributed by atoms with Crippen molar-refractivity contribution in [2.24, 2.45) is 0 Å². The van der Waals surface area contributed by atoms with E-state index in [9.17, 15) is 4.79 Å². The number of carbonyl (C=O) groups is 1. The normalized spacial score (nSPS) is 9.77. The number of nitriles is 1. The predicted molar refractivity (Wildman–Crippen MR) is 95.9 cm³/mol. The average molecular weight is 356 g/mol. The lowest BCUT2D eigenvalue weighted by Gasteiger charge is -2.15. The third-order valence-electron chi connectivity index (χ3n) is 3.58. The number of aromatic nitrogens is 1. The molecule has 0 bridgehead atoms. The van der Waals surface area contributed by atoms with Crippen LogP contribution in [0.15, 0.2) is 30.5 Å². The standard InChI is InChI=1S/C18H20N4O4/c1-24-14-7-6-13(15(25-2)16(14)26-3)18(23)22-10-9-21-17-12(11-19)5-4-8-20-17/h4-8H,9-10H2,1-3H3,(H,20,21)(H,22,23). The third-order valence-corrected chi connectivity index (χ3v) is 3.58. The van der Waals surface area contributed by atoms with E-state index in [-0.39, 0.29) is 5.91 Å². The van der Waals surface area contributed by atoms with Crippen LogP contribution in [0.4, 0.5) is 5.82 Å². The molecule has 0 saturated heterocycles. The van der Waals surface area contributed by atoms with Gasteiger partial charge in [0.05, 0.1) is 32.5 Å². The highest BCUT2D eigenvalue weighted by Crippen LogP contribution is 2.39. The summed E-state index contributed by atoms with van der Waals surface area (Å²) in [4.78, 5) is 16.5. The Hall–Kier alpha value is -3.47. The molecule has 26 heavy (non-hydrogen) atoms. The van der Waals surface area contributed by atoms with Crippen LogP contribution >= 0.6 is 0 Å². The summed E-state index contributed by atoms with van der Waals surface area (Å²) >= 11 is 0. The average Bonchev–Trinajstić information content (AvgIpc) is 2.69. The first-order valence-electron chi connectivity index (χ1n) is 7.82. The maximum Gasteiger partial charge on any atom is 0.255 e. The van der Waals surface area contributed by atoms with Crippen LogP contribution in [-0.4, -0.2) is 45.3 Å². The molecule has 0 aliphatic rings. The van der Waals surface area contributed by atoms with Crippen molar-refractivity contribution in [3.63, 3.8) is 0 Å². The molecule has 1 aromatic carbocycles. The third kappa shape index (κ3) is 4.13. The lowest BCUT2D eigenvalue weighted by atomic mass is 10.1. The van der Waals surface area contributed by atoms with Crippen LogP contribution in [-0.2, 0) is 0 Å². The Morgan fingerprint density at radius 1 is 1.12 bits per heavy atom. The Kier molecular flexibility index (Phi) is 6.62. The number of ether oxygens (including phenoxy) is 3. The van der Waals surface area contributed by atoms with Crippen molar-refractivity contribution in [2.45, 2.75) is 0 Å². The minimum absolute atomic E-state index is 0.300. The highest BCUT2D eigenvalue weighted by molar-refractivity contribution is 5.98. The maximum atomic E-state index is 12.4. The molecule has 0 aliphatic carbocycles. The van der Waals surface area contributed by atoms with Gasteiger partial charge in [-0.15, -0.1) is 0 Å². The van der Waals surface area contributed by atoms with Crippen molar-refractivity contribution in [1.82, 2.24) is 10.3 Å². The lowest BCUT2D eigenvalue weighted by Crippen LogP contribution is -2.29. The summed E-state index contributed by atoms with van der Waals surface area (Å²) in [7, 11) is 4.45. The molecule has 1 amide bonds. The quantitative estimate of drug-likeness (QED) is 0.695. The minimum Gasteiger partial charge on any atom is -0.493 e. The number of amides is 1. The Morgan fingerprint density at radius 3 is 2.54 bits per heavy atom. The van der Waals surface area contributed by atoms with E-state index in [2.05, 4.69) is 21.7 Å². The number of rotatable bonds is 8. The van der Waals surface area contributed by atoms with Gasteiger partial charge < -0.3 is 24.8 Å². The highest BCUT2D eigenvalue weighted by atomic mass is 16.5. The molecule has 0 fully saturated rings. The van der Waals surface area contributed by atoms with E-state index in [4.69, 9.17) is 19.5 Å². The Bertz CT molecular complexity index is 817. The summed E-state index contributed by atoms with van der Waals surface area (Å²) in [5.74, 6) is 1.29. The second-order valence-corrected chi connectivity index (χ2v) is 5.08. The number of carbonyl (C=O) groups excluding carboxylic acids is 1. The van der Waals surface area contributed by atoms with E-state index >= 15 is 0 Å². The first kappa shape index (κ1) is 18.9. The van der Waals surface area contributed by atoms with E-state index in [0.717, 1.165) is 0 Å². The van der Waals surface area contributed by atoms with E-state index < -0.39 is 0 Å². The Labute approximate surface area is 151 Å². The van der Waals surface area contributed by atoms with Gasteiger partial charge in [0.25, 0.3) is 5.91 Å². The van der Waals surface area contributed by atoms with Gasteiger partial charge >= 0.3 is 0 Å². The molecule has 0 spiro atoms. The largest absolute Gasteiger partial charge is 0.493 e. The van der Waals surface area contributed by atoms with Gasteiger partial charge in [-0.3, -0.25) is 4.79 Å². The second kappa shape index (κ2) is 9.13. The highest BCUT2D eigenvalue weighted by Gasteiger charge is 2.20. The molecule has 0 unspecified atom stereocenters. The zero-order chi connectivity index (χ0) is 18.9. The summed E-state index contributed by atoms with van der Waals surface area (Å²) in [5, 5.41) is 14.8. The van der Waals surface area contributed by atoms with Crippen molar-refractivity contribution in [2.75, 3.05) is 39.7 Å². The second-order valence-electron chi connectivity index (χ2n) is 5.08. The number of nitrogens with zero attached hydrogens (tertiary/aromatic N) is 2. The molecule has 1 heterocycles. The molecule has 0 saturated carbocycles. The number of hydrogen-bond acceptors (Lipinski definition) is 7. The molecule has 0 radical (unpaired) electrons. The van der Waals surface area contributed by atoms with Gasteiger partial charge in [-0.2, -0.15) is 5.26 Å². The van der Waals surface area contributed by atoms with Gasteiger partial charge in [0.15, 0.2) is 11.5 Å². The zero-order valence-electron chi connectivity index (χ0n) is 14.8. The molecule has 2 rings (SSSR count). The number of pyridine rings is 1. The van der Waals surface area contributed by atoms with Gasteiger partial charge in [-0.05, 0) is 24.3 Å². The summed E-state index contributed by atoms with van der Waals surface area (Å²) in [6.07, 6.45) is 1.59. The van der Waals surface area contributed by atoms with Gasteiger partial charge in [0, 0.05) is 19.3 Å². The molecule has 8 heteroatoms. The summed E-state index contributed by atoms with van der Waals surface area (Å²) in [6.45, 7) is 0.741. The van der Waals surface area contributed by atoms with Crippen LogP contribution in [0.1, 0.15) is 15.9 Å². The number of methoxy groups -OCH3 is 3. The fourth-order valence-corrected chi connectivity index (χ4v) is 2.37. The van der Waals surface area contributed by atoms with E-state index in [0.29, 0.717) is 47.3 Å². The molecule has 8 nitrogen and oxygen atoms in total. The van der Waals surface area contributed by atoms with Crippen molar-refractivity contribution < 1.29 is 19.0 Å². The van der Waals surface area contributed by atoms with Crippen LogP contribution in [0.3, 0.4) is 0 Å². The molecular formula is C18H20N4O4. The first-order valence-corrected chi connectivity index (χ1v) is 7.82. The van der Waals surface area contributed by atoms with Gasteiger partial charge in [-0.1, -0.05) is 0 Å². The number of anilines is 1. The minimum atomic E-state index is -0.314. The van der Waals surface area contributed by atoms with E-state index in [1.165, 1.54) is 21.3 Å². The van der Waals surface area contributed by atoms with Crippen molar-refractivity contribution in [3.8, 4) is 23.3 Å². The number of nitrogens with one attached hydrogen (secondary N) is 2. The lowest BCUT2D eigenvalue weighted by molar-refractivity contribution is 0.0951. The molecule has 2 aromatic rings. The van der Waals surface area contributed by atoms with Gasteiger partial charge in [-0.25, -0.2) is 4.98 Å². The monoisotopic (exact) mass is 356 g/mol. The predicted octanol–water partition coefficient (Wildman–Crippen LogP) is 1.82. The fourth-order valence-electron chi connectivity index (χ4n) is 2.37. The van der Waals surface area contributed by atoms with Crippen molar-refractivity contribution >= 4 is 11.7 Å². The SMILES string of the molecule is COc1ccc(C(=O)NCCNc2ncccc2C#N)c(OC)c1OC. The van der Waals surface area contributed by atoms with Crippen molar-refractivity contribution in [3.05, 3.63) is 41.6 Å². The summed E-state index contributed by atoms with van der Waals surface area (Å²) < 4.78 is 15.8. The topological polar surface area (TPSA) is 106 Å². The number of hydrogen-bond donors (Lipinski definition) is 2. The number of benzene rings is 1. The summed E-state index contributed by atoms with van der Waals surface area (Å²) in [6, 6.07) is 8.66. The zero-order valence-corrected chi connectivity index (χ0v) is 14.8. The van der Waals surface area contributed by atoms with Crippen LogP contribution in [0.25, 0.3) is 0 Å². The van der Waals surface area contributed by atoms with Crippen molar-refractivity contribution in [1.29, 1.82) is 5.26 Å². The Morgan fingerprint density at radius 2 is 1.88 bits per heavy atom. The van der Waals surface area contributed by atoms with Gasteiger partial charge in [0.2, 0.25) is 5.75 Å². The van der Waals surface area contributed by atoms with Crippen LogP contribution in [0.5, 0.6) is 17.2 Å². The molecule has 0 aliphatic heterocycles. The maximum absolute atomic E-state index is 12.4. The van der Waals surface area contributed by atoms with Crippen LogP contribution in [0.2, 0.25) is 0 Å². The molecule has 136 valence electrons. The molecule has 0 atom stereocenters. The molecule has 1 aromatic heterocycles. The smallest absolute Gasteiger partial charge is 0.255 e. The van der Waals surface area contributed by atoms with Crippen LogP contribution in [0, 0.1) is 11.3 Å². The first-order chi connectivity index (χ1) is 12.7.